The molecule has 0 bridgehead atoms. The van der Waals surface area contributed by atoms with Crippen LogP contribution in [0.4, 0.5) is 0 Å². The molecule has 0 radical (unpaired) electrons. The van der Waals surface area contributed by atoms with E-state index in [9.17, 15) is 0 Å². The van der Waals surface area contributed by atoms with Gasteiger partial charge < -0.3 is 0 Å². The summed E-state index contributed by atoms with van der Waals surface area (Å²) in [7, 11) is 0. The molecule has 0 aromatic heterocycles. The molecule has 13 rings (SSSR count). The van der Waals surface area contributed by atoms with Gasteiger partial charge in [-0.25, -0.2) is 0 Å². The maximum absolute atomic E-state index is 2.57. The lowest BCUT2D eigenvalue weighted by molar-refractivity contribution is 0.765. The highest BCUT2D eigenvalue weighted by molar-refractivity contribution is 6.06. The first kappa shape index (κ1) is 35.2. The molecule has 0 saturated heterocycles. The highest BCUT2D eigenvalue weighted by atomic mass is 14.5. The van der Waals surface area contributed by atoms with Gasteiger partial charge in [-0.3, -0.25) is 0 Å². The standard InChI is InChI=1S/C62H42/c1-4-18-40(19-5-1)59(44-34-35-51-50-29-14-15-33-57(50)62(58(51)39-44,45-23-6-2-7-24-45)46-25-8-3-9-26-46)53-32-16-22-43-38-56-55(60(43)53)37-42-21-11-13-28-48(42)61(56)52-31-17-30-49-47-27-12-10-20-41(47)36-54(49)52/h1-35,37,39,59H,36,38H2. The second-order valence-corrected chi connectivity index (χ2v) is 17.4. The molecule has 0 nitrogen and oxygen atoms in total. The van der Waals surface area contributed by atoms with E-state index in [1.165, 1.54) is 116 Å². The van der Waals surface area contributed by atoms with Crippen LogP contribution in [0.5, 0.6) is 0 Å². The Morgan fingerprint density at radius 2 is 0.935 bits per heavy atom. The van der Waals surface area contributed by atoms with Crippen molar-refractivity contribution in [3.8, 4) is 44.5 Å². The topological polar surface area (TPSA) is 0 Å². The minimum Gasteiger partial charge on any atom is -0.0622 e. The van der Waals surface area contributed by atoms with Crippen LogP contribution in [0.2, 0.25) is 0 Å². The van der Waals surface area contributed by atoms with Crippen LogP contribution < -0.4 is 0 Å². The van der Waals surface area contributed by atoms with E-state index in [2.05, 4.69) is 224 Å². The largest absolute Gasteiger partial charge is 0.0713 e. The van der Waals surface area contributed by atoms with Crippen molar-refractivity contribution in [1.29, 1.82) is 0 Å². The minimum absolute atomic E-state index is 0.000695. The van der Waals surface area contributed by atoms with Gasteiger partial charge in [-0.15, -0.1) is 0 Å². The number of benzene rings is 10. The normalized spacial score (nSPS) is 14.1. The smallest absolute Gasteiger partial charge is 0.0622 e. The molecule has 0 aliphatic heterocycles. The zero-order valence-electron chi connectivity index (χ0n) is 34.4. The summed E-state index contributed by atoms with van der Waals surface area (Å²) in [6, 6.07) is 84.7. The molecule has 3 aliphatic carbocycles. The van der Waals surface area contributed by atoms with Gasteiger partial charge in [0.1, 0.15) is 0 Å². The van der Waals surface area contributed by atoms with Crippen LogP contribution in [0, 0.1) is 0 Å². The maximum atomic E-state index is 2.57. The molecule has 290 valence electrons. The van der Waals surface area contributed by atoms with E-state index in [0.717, 1.165) is 12.8 Å². The van der Waals surface area contributed by atoms with Crippen molar-refractivity contribution in [3.63, 3.8) is 0 Å². The fraction of sp³-hybridized carbons (Fsp3) is 0.0645. The lowest BCUT2D eigenvalue weighted by Crippen LogP contribution is -2.28. The van der Waals surface area contributed by atoms with E-state index in [0.29, 0.717) is 0 Å². The molecule has 10 aromatic carbocycles. The Kier molecular flexibility index (Phi) is 7.81. The first-order chi connectivity index (χ1) is 30.8. The van der Waals surface area contributed by atoms with E-state index in [-0.39, 0.29) is 5.92 Å². The van der Waals surface area contributed by atoms with Gasteiger partial charge in [0, 0.05) is 5.92 Å². The van der Waals surface area contributed by atoms with Gasteiger partial charge in [0.05, 0.1) is 5.41 Å². The van der Waals surface area contributed by atoms with Crippen LogP contribution in [0.1, 0.15) is 67.1 Å². The first-order valence-electron chi connectivity index (χ1n) is 22.0. The summed E-state index contributed by atoms with van der Waals surface area (Å²) in [6.45, 7) is 0. The van der Waals surface area contributed by atoms with Gasteiger partial charge in [0.25, 0.3) is 0 Å². The number of fused-ring (bicyclic) bond motifs is 10. The molecule has 0 saturated carbocycles. The zero-order chi connectivity index (χ0) is 40.8. The molecule has 0 N–H and O–H groups in total. The van der Waals surface area contributed by atoms with Crippen molar-refractivity contribution >= 4 is 10.8 Å². The first-order valence-corrected chi connectivity index (χ1v) is 22.0. The highest BCUT2D eigenvalue weighted by Gasteiger charge is 2.46. The predicted molar refractivity (Wildman–Crippen MR) is 257 cm³/mol. The predicted octanol–water partition coefficient (Wildman–Crippen LogP) is 15.2. The third-order valence-electron chi connectivity index (χ3n) is 14.4. The molecule has 3 aliphatic rings. The third-order valence-corrected chi connectivity index (χ3v) is 14.4. The van der Waals surface area contributed by atoms with Gasteiger partial charge in [-0.05, 0) is 135 Å². The van der Waals surface area contributed by atoms with Gasteiger partial charge in [0.2, 0.25) is 0 Å². The summed E-state index contributed by atoms with van der Waals surface area (Å²) in [4.78, 5) is 0. The van der Waals surface area contributed by atoms with Gasteiger partial charge >= 0.3 is 0 Å². The number of rotatable bonds is 6. The number of hydrogen-bond donors (Lipinski definition) is 0. The van der Waals surface area contributed by atoms with Crippen LogP contribution in [0.3, 0.4) is 0 Å². The van der Waals surface area contributed by atoms with E-state index < -0.39 is 5.41 Å². The second kappa shape index (κ2) is 13.7. The zero-order valence-corrected chi connectivity index (χ0v) is 34.4. The molecule has 0 spiro atoms. The van der Waals surface area contributed by atoms with Crippen molar-refractivity contribution in [2.45, 2.75) is 24.2 Å². The average molecular weight is 787 g/mol. The summed E-state index contributed by atoms with van der Waals surface area (Å²) in [6.07, 6.45) is 1.87. The van der Waals surface area contributed by atoms with Crippen molar-refractivity contribution in [3.05, 3.63) is 286 Å². The Hall–Kier alpha value is -7.54. The monoisotopic (exact) mass is 786 g/mol. The molecule has 0 fully saturated rings. The molecule has 62 heavy (non-hydrogen) atoms. The lowest BCUT2D eigenvalue weighted by Gasteiger charge is -2.34. The van der Waals surface area contributed by atoms with Crippen LogP contribution in [0.25, 0.3) is 55.3 Å². The summed E-state index contributed by atoms with van der Waals surface area (Å²) in [5, 5.41) is 2.63. The molecule has 1 unspecified atom stereocenters. The minimum atomic E-state index is -0.472. The fourth-order valence-corrected chi connectivity index (χ4v) is 11.9. The molecule has 1 atom stereocenters. The third kappa shape index (κ3) is 5.01. The van der Waals surface area contributed by atoms with Gasteiger partial charge in [0.15, 0.2) is 0 Å². The Morgan fingerprint density at radius 3 is 1.74 bits per heavy atom. The van der Waals surface area contributed by atoms with Gasteiger partial charge in [-0.2, -0.15) is 0 Å². The lowest BCUT2D eigenvalue weighted by atomic mass is 9.67. The van der Waals surface area contributed by atoms with Crippen molar-refractivity contribution < 1.29 is 0 Å². The Morgan fingerprint density at radius 1 is 0.339 bits per heavy atom. The van der Waals surface area contributed by atoms with E-state index in [1.807, 2.05) is 0 Å². The second-order valence-electron chi connectivity index (χ2n) is 17.4. The molecule has 0 heteroatoms. The van der Waals surface area contributed by atoms with E-state index in [1.54, 1.807) is 0 Å². The van der Waals surface area contributed by atoms with Crippen LogP contribution in [0.15, 0.2) is 224 Å². The number of hydrogen-bond acceptors (Lipinski definition) is 0. The molecular weight excluding hydrogens is 745 g/mol. The molecule has 10 aromatic rings. The highest BCUT2D eigenvalue weighted by Crippen LogP contribution is 2.58. The van der Waals surface area contributed by atoms with Crippen LogP contribution in [-0.4, -0.2) is 0 Å². The summed E-state index contributed by atoms with van der Waals surface area (Å²) in [5.41, 5.74) is 25.4. The van der Waals surface area contributed by atoms with Crippen molar-refractivity contribution in [2.24, 2.45) is 0 Å². The van der Waals surface area contributed by atoms with Gasteiger partial charge in [-0.1, -0.05) is 218 Å². The summed E-state index contributed by atoms with van der Waals surface area (Å²) in [5.74, 6) is 0.000695. The van der Waals surface area contributed by atoms with Crippen LogP contribution in [-0.2, 0) is 18.3 Å². The summed E-state index contributed by atoms with van der Waals surface area (Å²) >= 11 is 0. The van der Waals surface area contributed by atoms with Crippen molar-refractivity contribution in [2.75, 3.05) is 0 Å². The average Bonchev–Trinajstić information content (AvgIpc) is 4.00. The Balaban J connectivity index is 1.06. The Bertz CT molecular complexity index is 3350. The molecular formula is C62H42. The Labute approximate surface area is 363 Å². The van der Waals surface area contributed by atoms with Crippen molar-refractivity contribution in [1.82, 2.24) is 0 Å². The summed E-state index contributed by atoms with van der Waals surface area (Å²) < 4.78 is 0. The fourth-order valence-electron chi connectivity index (χ4n) is 11.9. The van der Waals surface area contributed by atoms with E-state index >= 15 is 0 Å². The molecule has 0 amide bonds. The van der Waals surface area contributed by atoms with E-state index in [4.69, 9.17) is 0 Å². The van der Waals surface area contributed by atoms with Crippen LogP contribution >= 0.6 is 0 Å². The quantitative estimate of drug-likeness (QED) is 0.147. The molecule has 0 heterocycles. The SMILES string of the molecule is c1ccc(C(c2ccc3c(c2)C(c2ccccc2)(c2ccccc2)c2ccccc2-3)c2cccc3c2-c2cc4ccccc4c(-c4cccc5c4Cc4ccccc4-5)c2C3)cc1. The maximum Gasteiger partial charge on any atom is 0.0713 e.